The molecule has 0 heterocycles. The highest BCUT2D eigenvalue weighted by Gasteiger charge is 2.19. The van der Waals surface area contributed by atoms with E-state index in [1.165, 1.54) is 9.87 Å². The molecule has 0 radical (unpaired) electrons. The van der Waals surface area contributed by atoms with Crippen LogP contribution in [0.2, 0.25) is 5.02 Å². The molecule has 1 amide bonds. The second-order valence-electron chi connectivity index (χ2n) is 7.20. The Labute approximate surface area is 198 Å². The average molecular weight is 489 g/mol. The van der Waals surface area contributed by atoms with Crippen molar-refractivity contribution in [1.82, 2.24) is 5.32 Å². The molecule has 0 aromatic heterocycles. The van der Waals surface area contributed by atoms with Crippen LogP contribution in [0.3, 0.4) is 0 Å². The molecular formula is C24H25ClN2O3S2. The van der Waals surface area contributed by atoms with Crippen LogP contribution >= 0.6 is 23.4 Å². The van der Waals surface area contributed by atoms with Gasteiger partial charge in [-0.1, -0.05) is 60.1 Å². The van der Waals surface area contributed by atoms with Crippen LogP contribution in [0.5, 0.6) is 0 Å². The topological polar surface area (TPSA) is 66.5 Å². The highest BCUT2D eigenvalue weighted by molar-refractivity contribution is 7.98. The lowest BCUT2D eigenvalue weighted by Crippen LogP contribution is -2.29. The van der Waals surface area contributed by atoms with E-state index in [1.54, 1.807) is 54.2 Å². The number of hydrogen-bond acceptors (Lipinski definition) is 4. The number of amides is 1. The van der Waals surface area contributed by atoms with Crippen molar-refractivity contribution in [1.29, 1.82) is 0 Å². The van der Waals surface area contributed by atoms with Crippen LogP contribution in [0.25, 0.3) is 0 Å². The van der Waals surface area contributed by atoms with Crippen LogP contribution < -0.4 is 9.62 Å². The second-order valence-corrected chi connectivity index (χ2v) is 10.6. The fraction of sp³-hybridized carbons (Fsp3) is 0.208. The normalized spacial score (nSPS) is 11.2. The Morgan fingerprint density at radius 3 is 2.28 bits per heavy atom. The van der Waals surface area contributed by atoms with Gasteiger partial charge in [0.25, 0.3) is 5.91 Å². The molecule has 3 aromatic carbocycles. The molecule has 8 heteroatoms. The quantitative estimate of drug-likeness (QED) is 0.409. The van der Waals surface area contributed by atoms with E-state index in [9.17, 15) is 13.2 Å². The number of hydrogen-bond donors (Lipinski definition) is 1. The Morgan fingerprint density at radius 2 is 1.62 bits per heavy atom. The smallest absolute Gasteiger partial charge is 0.251 e. The van der Waals surface area contributed by atoms with Crippen LogP contribution in [-0.2, 0) is 22.3 Å². The number of thioether (sulfide) groups is 1. The number of anilines is 1. The summed E-state index contributed by atoms with van der Waals surface area (Å²) in [5.74, 6) is 1.52. The van der Waals surface area contributed by atoms with Gasteiger partial charge in [0.15, 0.2) is 0 Å². The van der Waals surface area contributed by atoms with Gasteiger partial charge in [-0.2, -0.15) is 11.8 Å². The lowest BCUT2D eigenvalue weighted by molar-refractivity contribution is 0.0956. The number of carbonyl (C=O) groups excluding carboxylic acids is 1. The molecule has 5 nitrogen and oxygen atoms in total. The molecule has 0 saturated carbocycles. The van der Waals surface area contributed by atoms with E-state index in [0.29, 0.717) is 28.4 Å². The first kappa shape index (κ1) is 24.2. The van der Waals surface area contributed by atoms with Crippen molar-refractivity contribution in [2.24, 2.45) is 0 Å². The van der Waals surface area contributed by atoms with Crippen LogP contribution in [0.15, 0.2) is 78.9 Å². The van der Waals surface area contributed by atoms with E-state index in [4.69, 9.17) is 11.6 Å². The zero-order valence-corrected chi connectivity index (χ0v) is 20.1. The minimum Gasteiger partial charge on any atom is -0.351 e. The summed E-state index contributed by atoms with van der Waals surface area (Å²) in [5, 5.41) is 3.40. The monoisotopic (exact) mass is 488 g/mol. The first-order valence-electron chi connectivity index (χ1n) is 10.1. The van der Waals surface area contributed by atoms with Crippen molar-refractivity contribution in [3.8, 4) is 0 Å². The summed E-state index contributed by atoms with van der Waals surface area (Å²) in [6.07, 6.45) is 1.15. The molecule has 0 aliphatic carbocycles. The fourth-order valence-corrected chi connectivity index (χ4v) is 4.96. The minimum atomic E-state index is -3.54. The van der Waals surface area contributed by atoms with E-state index < -0.39 is 10.0 Å². The van der Waals surface area contributed by atoms with Crippen molar-refractivity contribution in [2.45, 2.75) is 12.3 Å². The largest absolute Gasteiger partial charge is 0.351 e. The number of nitrogens with zero attached hydrogens (tertiary/aromatic N) is 1. The molecule has 1 N–H and O–H groups in total. The third-order valence-electron chi connectivity index (χ3n) is 4.73. The van der Waals surface area contributed by atoms with Crippen LogP contribution in [-0.4, -0.2) is 32.9 Å². The van der Waals surface area contributed by atoms with Crippen molar-refractivity contribution >= 4 is 45.0 Å². The van der Waals surface area contributed by atoms with Gasteiger partial charge >= 0.3 is 0 Å². The van der Waals surface area contributed by atoms with Gasteiger partial charge < -0.3 is 5.32 Å². The van der Waals surface area contributed by atoms with Gasteiger partial charge in [0, 0.05) is 28.6 Å². The fourth-order valence-electron chi connectivity index (χ4n) is 3.06. The highest BCUT2D eigenvalue weighted by atomic mass is 35.5. The van der Waals surface area contributed by atoms with Gasteiger partial charge in [0.2, 0.25) is 10.0 Å². The van der Waals surface area contributed by atoms with Crippen molar-refractivity contribution < 1.29 is 13.2 Å². The van der Waals surface area contributed by atoms with Crippen LogP contribution in [0, 0.1) is 0 Å². The zero-order chi connectivity index (χ0) is 23.0. The number of nitrogens with one attached hydrogen (secondary N) is 1. The number of sulfonamides is 1. The van der Waals surface area contributed by atoms with E-state index in [-0.39, 0.29) is 12.5 Å². The highest BCUT2D eigenvalue weighted by Crippen LogP contribution is 2.24. The van der Waals surface area contributed by atoms with Gasteiger partial charge in [-0.3, -0.25) is 9.10 Å². The first-order valence-corrected chi connectivity index (χ1v) is 13.4. The van der Waals surface area contributed by atoms with Gasteiger partial charge in [-0.25, -0.2) is 8.42 Å². The van der Waals surface area contributed by atoms with Crippen molar-refractivity contribution in [3.05, 3.63) is 101 Å². The maximum atomic E-state index is 12.4. The molecule has 168 valence electrons. The summed E-state index contributed by atoms with van der Waals surface area (Å²) in [6, 6.07) is 23.8. The lowest BCUT2D eigenvalue weighted by atomic mass is 10.1. The van der Waals surface area contributed by atoms with Gasteiger partial charge in [0.1, 0.15) is 0 Å². The molecule has 3 rings (SSSR count). The number of carbonyl (C=O) groups is 1. The molecule has 0 fully saturated rings. The van der Waals surface area contributed by atoms with E-state index in [2.05, 4.69) is 17.4 Å². The van der Waals surface area contributed by atoms with Crippen LogP contribution in [0.1, 0.15) is 21.5 Å². The third-order valence-corrected chi connectivity index (χ3v) is 7.27. The van der Waals surface area contributed by atoms with Crippen molar-refractivity contribution in [3.63, 3.8) is 0 Å². The average Bonchev–Trinajstić information content (AvgIpc) is 2.78. The molecule has 0 spiro atoms. The molecule has 0 atom stereocenters. The lowest BCUT2D eigenvalue weighted by Gasteiger charge is -2.23. The summed E-state index contributed by atoms with van der Waals surface area (Å²) >= 11 is 7.96. The number of rotatable bonds is 10. The molecule has 0 saturated heterocycles. The predicted octanol–water partition coefficient (Wildman–Crippen LogP) is 4.97. The Hall–Kier alpha value is -2.48. The zero-order valence-electron chi connectivity index (χ0n) is 17.7. The molecule has 0 aliphatic rings. The summed E-state index contributed by atoms with van der Waals surface area (Å²) < 4.78 is 26.0. The van der Waals surface area contributed by atoms with E-state index in [1.807, 2.05) is 24.3 Å². The van der Waals surface area contributed by atoms with E-state index >= 15 is 0 Å². The Morgan fingerprint density at radius 1 is 0.969 bits per heavy atom. The van der Waals surface area contributed by atoms with Gasteiger partial charge in [-0.05, 0) is 41.5 Å². The maximum Gasteiger partial charge on any atom is 0.251 e. The molecule has 3 aromatic rings. The van der Waals surface area contributed by atoms with Crippen molar-refractivity contribution in [2.75, 3.05) is 22.9 Å². The first-order chi connectivity index (χ1) is 15.3. The molecule has 32 heavy (non-hydrogen) atoms. The number of halogens is 1. The Kier molecular flexibility index (Phi) is 8.61. The molecular weight excluding hydrogens is 464 g/mol. The Bertz CT molecular complexity index is 1140. The SMILES string of the molecule is CS(=O)(=O)N(Cc1ccccc1Cl)c1ccc(C(=O)NCCSCc2ccccc2)cc1. The third kappa shape index (κ3) is 7.02. The standard InChI is InChI=1S/C24H25ClN2O3S2/c1-32(29,30)27(17-21-9-5-6-10-23(21)25)22-13-11-20(12-14-22)24(28)26-15-16-31-18-19-7-3-2-4-8-19/h2-14H,15-18H2,1H3,(H,26,28). The minimum absolute atomic E-state index is 0.114. The van der Waals surface area contributed by atoms with Gasteiger partial charge in [0.05, 0.1) is 18.5 Å². The number of benzene rings is 3. The predicted molar refractivity (Wildman–Crippen MR) is 134 cm³/mol. The molecule has 0 unspecified atom stereocenters. The summed E-state index contributed by atoms with van der Waals surface area (Å²) in [7, 11) is -3.54. The summed E-state index contributed by atoms with van der Waals surface area (Å²) in [5.41, 5.74) is 2.91. The maximum absolute atomic E-state index is 12.4. The molecule has 0 bridgehead atoms. The van der Waals surface area contributed by atoms with Crippen LogP contribution in [0.4, 0.5) is 5.69 Å². The Balaban J connectivity index is 1.57. The van der Waals surface area contributed by atoms with E-state index in [0.717, 1.165) is 17.8 Å². The second kappa shape index (κ2) is 11.4. The van der Waals surface area contributed by atoms with Gasteiger partial charge in [-0.15, -0.1) is 0 Å². The molecule has 0 aliphatic heterocycles. The summed E-state index contributed by atoms with van der Waals surface area (Å²) in [6.45, 7) is 0.669. The summed E-state index contributed by atoms with van der Waals surface area (Å²) in [4.78, 5) is 12.4.